The van der Waals surface area contributed by atoms with Crippen molar-refractivity contribution >= 4 is 5.97 Å². The van der Waals surface area contributed by atoms with Gasteiger partial charge in [-0.2, -0.15) is 0 Å². The molecule has 7 nitrogen and oxygen atoms in total. The van der Waals surface area contributed by atoms with Gasteiger partial charge in [0.05, 0.1) is 6.61 Å². The molecule has 0 radical (unpaired) electrons. The zero-order valence-electron chi connectivity index (χ0n) is 9.57. The van der Waals surface area contributed by atoms with Crippen LogP contribution >= 0.6 is 0 Å². The summed E-state index contributed by atoms with van der Waals surface area (Å²) in [6, 6.07) is 0. The van der Waals surface area contributed by atoms with Gasteiger partial charge in [-0.3, -0.25) is 0 Å². The van der Waals surface area contributed by atoms with Gasteiger partial charge in [0.15, 0.2) is 18.0 Å². The zero-order valence-corrected chi connectivity index (χ0v) is 9.57. The van der Waals surface area contributed by atoms with E-state index in [1.165, 1.54) is 0 Å². The Kier molecular flexibility index (Phi) is 3.13. The van der Waals surface area contributed by atoms with Gasteiger partial charge in [-0.05, 0) is 13.8 Å². The van der Waals surface area contributed by atoms with Crippen molar-refractivity contribution in [3.8, 4) is 0 Å². The lowest BCUT2D eigenvalue weighted by Crippen LogP contribution is -2.46. The molecule has 0 aromatic rings. The highest BCUT2D eigenvalue weighted by Gasteiger charge is 2.58. The van der Waals surface area contributed by atoms with Gasteiger partial charge < -0.3 is 29.5 Å². The van der Waals surface area contributed by atoms with E-state index in [1.807, 2.05) is 0 Å². The molecular weight excluding hydrogens is 232 g/mol. The van der Waals surface area contributed by atoms with Gasteiger partial charge in [0.1, 0.15) is 18.3 Å². The van der Waals surface area contributed by atoms with E-state index in [-0.39, 0.29) is 0 Å². The van der Waals surface area contributed by atoms with Gasteiger partial charge in [0.2, 0.25) is 0 Å². The molecule has 17 heavy (non-hydrogen) atoms. The number of hydrogen-bond donors (Lipinski definition) is 3. The highest BCUT2D eigenvalue weighted by molar-refractivity contribution is 5.78. The fourth-order valence-electron chi connectivity index (χ4n) is 2.07. The van der Waals surface area contributed by atoms with Crippen LogP contribution in [0.2, 0.25) is 0 Å². The Bertz CT molecular complexity index is 316. The third-order valence-electron chi connectivity index (χ3n) is 2.86. The summed E-state index contributed by atoms with van der Waals surface area (Å²) in [6.45, 7) is 2.66. The lowest BCUT2D eigenvalue weighted by Gasteiger charge is -2.26. The van der Waals surface area contributed by atoms with Gasteiger partial charge in [-0.1, -0.05) is 0 Å². The quantitative estimate of drug-likeness (QED) is 0.503. The molecule has 5 atom stereocenters. The number of fused-ring (bicyclic) bond motifs is 1. The largest absolute Gasteiger partial charge is 0.455 e. The maximum Gasteiger partial charge on any atom is 0.338 e. The fourth-order valence-corrected chi connectivity index (χ4v) is 2.07. The van der Waals surface area contributed by atoms with Gasteiger partial charge >= 0.3 is 5.97 Å². The molecule has 7 heteroatoms. The van der Waals surface area contributed by atoms with Gasteiger partial charge in [0, 0.05) is 0 Å². The predicted molar refractivity (Wildman–Crippen MR) is 52.8 cm³/mol. The third-order valence-corrected chi connectivity index (χ3v) is 2.86. The Labute approximate surface area is 97.9 Å². The summed E-state index contributed by atoms with van der Waals surface area (Å²) < 4.78 is 15.7. The van der Waals surface area contributed by atoms with Crippen LogP contribution in [0.1, 0.15) is 13.8 Å². The van der Waals surface area contributed by atoms with E-state index in [4.69, 9.17) is 19.3 Å². The molecule has 0 saturated carbocycles. The van der Waals surface area contributed by atoms with Crippen LogP contribution in [0.3, 0.4) is 0 Å². The molecule has 0 amide bonds. The SMILES string of the molecule is CC1(C)O[C@H]2[C@H]([C@H](O)[C@H](O)CO)OC(=O)[C@H]2O1. The van der Waals surface area contributed by atoms with Crippen LogP contribution in [0.25, 0.3) is 0 Å². The molecule has 2 rings (SSSR count). The van der Waals surface area contributed by atoms with Gasteiger partial charge in [-0.15, -0.1) is 0 Å². The lowest BCUT2D eigenvalue weighted by molar-refractivity contribution is -0.199. The number of esters is 1. The Morgan fingerprint density at radius 1 is 1.35 bits per heavy atom. The number of cyclic esters (lactones) is 1. The summed E-state index contributed by atoms with van der Waals surface area (Å²) in [7, 11) is 0. The molecule has 0 aromatic heterocycles. The van der Waals surface area contributed by atoms with Crippen molar-refractivity contribution in [3.05, 3.63) is 0 Å². The van der Waals surface area contributed by atoms with Crippen molar-refractivity contribution in [2.45, 2.75) is 50.2 Å². The highest BCUT2D eigenvalue weighted by Crippen LogP contribution is 2.37. The van der Waals surface area contributed by atoms with E-state index in [2.05, 4.69) is 0 Å². The number of aliphatic hydroxyl groups excluding tert-OH is 3. The standard InChI is InChI=1S/C10H16O7/c1-10(2)16-7-6(5(13)4(12)3-11)15-9(14)8(7)17-10/h4-8,11-13H,3H2,1-2H3/t4-,5-,6+,7+,8+/m1/s1. The van der Waals surface area contributed by atoms with Crippen molar-refractivity contribution < 1.29 is 34.3 Å². The first-order valence-electron chi connectivity index (χ1n) is 5.39. The van der Waals surface area contributed by atoms with Gasteiger partial charge in [-0.25, -0.2) is 4.79 Å². The zero-order chi connectivity index (χ0) is 12.8. The number of rotatable bonds is 3. The molecule has 2 saturated heterocycles. The number of carbonyl (C=O) groups excluding carboxylic acids is 1. The van der Waals surface area contributed by atoms with Crippen molar-refractivity contribution in [2.24, 2.45) is 0 Å². The van der Waals surface area contributed by atoms with Crippen molar-refractivity contribution in [3.63, 3.8) is 0 Å². The number of hydrogen-bond acceptors (Lipinski definition) is 7. The summed E-state index contributed by atoms with van der Waals surface area (Å²) in [5.74, 6) is -1.56. The molecule has 0 bridgehead atoms. The van der Waals surface area contributed by atoms with Crippen LogP contribution in [-0.4, -0.2) is 64.2 Å². The fraction of sp³-hybridized carbons (Fsp3) is 0.900. The summed E-state index contributed by atoms with van der Waals surface area (Å²) >= 11 is 0. The number of carbonyl (C=O) groups is 1. The van der Waals surface area contributed by atoms with E-state index in [1.54, 1.807) is 13.8 Å². The monoisotopic (exact) mass is 248 g/mol. The summed E-state index contributed by atoms with van der Waals surface area (Å²) in [4.78, 5) is 11.5. The summed E-state index contributed by atoms with van der Waals surface area (Å²) in [6.07, 6.45) is -5.49. The Balaban J connectivity index is 2.13. The molecular formula is C10H16O7. The minimum atomic E-state index is -1.41. The molecule has 2 heterocycles. The molecule has 0 aliphatic carbocycles. The molecule has 2 aliphatic heterocycles. The minimum Gasteiger partial charge on any atom is -0.455 e. The Hall–Kier alpha value is -0.730. The average molecular weight is 248 g/mol. The van der Waals surface area contributed by atoms with Crippen molar-refractivity contribution in [1.29, 1.82) is 0 Å². The molecule has 2 fully saturated rings. The summed E-state index contributed by atoms with van der Waals surface area (Å²) in [5, 5.41) is 27.8. The van der Waals surface area contributed by atoms with E-state index in [9.17, 15) is 15.0 Å². The van der Waals surface area contributed by atoms with E-state index >= 15 is 0 Å². The van der Waals surface area contributed by atoms with Crippen molar-refractivity contribution in [1.82, 2.24) is 0 Å². The second kappa shape index (κ2) is 4.18. The highest BCUT2D eigenvalue weighted by atomic mass is 16.8. The maximum atomic E-state index is 11.5. The average Bonchev–Trinajstić information content (AvgIpc) is 2.72. The van der Waals surface area contributed by atoms with Gasteiger partial charge in [0.25, 0.3) is 0 Å². The van der Waals surface area contributed by atoms with Crippen LogP contribution in [0.15, 0.2) is 0 Å². The minimum absolute atomic E-state index is 0.628. The first-order valence-corrected chi connectivity index (χ1v) is 5.39. The maximum absolute atomic E-state index is 11.5. The first-order chi connectivity index (χ1) is 7.85. The lowest BCUT2D eigenvalue weighted by atomic mass is 10.0. The second-order valence-electron chi connectivity index (χ2n) is 4.66. The van der Waals surface area contributed by atoms with E-state index in [0.717, 1.165) is 0 Å². The predicted octanol–water partition coefficient (Wildman–Crippen LogP) is -1.85. The topological polar surface area (TPSA) is 105 Å². The van der Waals surface area contributed by atoms with Crippen LogP contribution in [0.5, 0.6) is 0 Å². The second-order valence-corrected chi connectivity index (χ2v) is 4.66. The third kappa shape index (κ3) is 2.16. The number of ether oxygens (including phenoxy) is 3. The van der Waals surface area contributed by atoms with E-state index in [0.29, 0.717) is 0 Å². The van der Waals surface area contributed by atoms with Crippen LogP contribution in [-0.2, 0) is 19.0 Å². The molecule has 3 N–H and O–H groups in total. The Morgan fingerprint density at radius 2 is 2.00 bits per heavy atom. The normalized spacial score (nSPS) is 38.6. The Morgan fingerprint density at radius 3 is 2.59 bits per heavy atom. The van der Waals surface area contributed by atoms with Crippen LogP contribution in [0, 0.1) is 0 Å². The summed E-state index contributed by atoms with van der Waals surface area (Å²) in [5.41, 5.74) is 0. The van der Waals surface area contributed by atoms with E-state index < -0.39 is 48.9 Å². The van der Waals surface area contributed by atoms with Crippen LogP contribution < -0.4 is 0 Å². The van der Waals surface area contributed by atoms with Crippen molar-refractivity contribution in [2.75, 3.05) is 6.61 Å². The number of aliphatic hydroxyl groups is 3. The van der Waals surface area contributed by atoms with Crippen LogP contribution in [0.4, 0.5) is 0 Å². The first kappa shape index (κ1) is 12.7. The molecule has 0 aromatic carbocycles. The molecule has 0 spiro atoms. The molecule has 2 aliphatic rings. The molecule has 98 valence electrons. The molecule has 0 unspecified atom stereocenters. The smallest absolute Gasteiger partial charge is 0.338 e.